The van der Waals surface area contributed by atoms with Crippen molar-refractivity contribution in [2.45, 2.75) is 32.4 Å². The first-order valence-corrected chi connectivity index (χ1v) is 6.46. The second kappa shape index (κ2) is 7.44. The first kappa shape index (κ1) is 16.7. The fourth-order valence-electron chi connectivity index (χ4n) is 1.42. The molecule has 1 unspecified atom stereocenters. The third-order valence-corrected chi connectivity index (χ3v) is 3.07. The van der Waals surface area contributed by atoms with E-state index in [-0.39, 0.29) is 13.1 Å². The molecular formula is C13H19N3O5. The van der Waals surface area contributed by atoms with Crippen LogP contribution in [0.4, 0.5) is 4.79 Å². The van der Waals surface area contributed by atoms with Gasteiger partial charge in [-0.25, -0.2) is 4.79 Å². The number of hydrogen-bond acceptors (Lipinski definition) is 5. The maximum absolute atomic E-state index is 11.5. The smallest absolute Gasteiger partial charge is 0.323 e. The van der Waals surface area contributed by atoms with Gasteiger partial charge in [0.2, 0.25) is 5.91 Å². The van der Waals surface area contributed by atoms with Gasteiger partial charge in [0.15, 0.2) is 0 Å². The molecule has 21 heavy (non-hydrogen) atoms. The number of aliphatic carboxylic acids is 1. The molecule has 1 aromatic rings. The zero-order valence-electron chi connectivity index (χ0n) is 11.9. The van der Waals surface area contributed by atoms with E-state index in [1.807, 2.05) is 0 Å². The van der Waals surface area contributed by atoms with E-state index >= 15 is 0 Å². The molecule has 0 aliphatic rings. The number of amides is 3. The lowest BCUT2D eigenvalue weighted by atomic mass is 9.99. The first-order chi connectivity index (χ1) is 9.87. The predicted octanol–water partition coefficient (Wildman–Crippen LogP) is 0.448. The van der Waals surface area contributed by atoms with Crippen LogP contribution in [0, 0.1) is 0 Å². The van der Waals surface area contributed by atoms with E-state index in [2.05, 4.69) is 16.0 Å². The minimum atomic E-state index is -1.21. The molecule has 0 bridgehead atoms. The second-order valence-corrected chi connectivity index (χ2v) is 4.65. The minimum absolute atomic E-state index is 0.154. The fraction of sp³-hybridized carbons (Fsp3) is 0.462. The molecule has 0 spiro atoms. The molecule has 0 radical (unpaired) electrons. The number of hydrogen-bond donors (Lipinski definition) is 4. The highest BCUT2D eigenvalue weighted by molar-refractivity contribution is 5.95. The molecule has 1 rings (SSSR count). The van der Waals surface area contributed by atoms with E-state index in [1.54, 1.807) is 19.1 Å². The zero-order chi connectivity index (χ0) is 15.9. The van der Waals surface area contributed by atoms with Gasteiger partial charge in [-0.1, -0.05) is 6.92 Å². The van der Waals surface area contributed by atoms with Crippen LogP contribution in [-0.4, -0.2) is 35.1 Å². The van der Waals surface area contributed by atoms with Crippen molar-refractivity contribution in [2.24, 2.45) is 0 Å². The van der Waals surface area contributed by atoms with Crippen LogP contribution in [0.2, 0.25) is 0 Å². The van der Waals surface area contributed by atoms with Gasteiger partial charge in [-0.2, -0.15) is 0 Å². The number of furan rings is 1. The van der Waals surface area contributed by atoms with Crippen LogP contribution in [0.25, 0.3) is 0 Å². The summed E-state index contributed by atoms with van der Waals surface area (Å²) >= 11 is 0. The van der Waals surface area contributed by atoms with E-state index < -0.39 is 23.4 Å². The second-order valence-electron chi connectivity index (χ2n) is 4.65. The van der Waals surface area contributed by atoms with E-state index in [9.17, 15) is 14.4 Å². The highest BCUT2D eigenvalue weighted by Crippen LogP contribution is 2.08. The number of imide groups is 1. The summed E-state index contributed by atoms with van der Waals surface area (Å²) in [7, 11) is 0. The number of carboxylic acids is 1. The third kappa shape index (κ3) is 5.27. The summed E-state index contributed by atoms with van der Waals surface area (Å²) in [4.78, 5) is 34.0. The molecule has 0 fully saturated rings. The number of nitrogens with one attached hydrogen (secondary N) is 3. The molecule has 0 aromatic carbocycles. The number of carbonyl (C=O) groups is 3. The molecule has 1 heterocycles. The van der Waals surface area contributed by atoms with Gasteiger partial charge in [0, 0.05) is 0 Å². The van der Waals surface area contributed by atoms with Crippen LogP contribution < -0.4 is 16.0 Å². The SMILES string of the molecule is CCC(C)(NCC(=O)NC(=O)NCc1ccco1)C(=O)O. The average Bonchev–Trinajstić information content (AvgIpc) is 2.95. The van der Waals surface area contributed by atoms with Crippen molar-refractivity contribution in [1.82, 2.24) is 16.0 Å². The molecule has 8 nitrogen and oxygen atoms in total. The number of carbonyl (C=O) groups excluding carboxylic acids is 2. The monoisotopic (exact) mass is 297 g/mol. The molecule has 0 saturated heterocycles. The molecule has 0 saturated carbocycles. The van der Waals surface area contributed by atoms with Crippen molar-refractivity contribution in [3.05, 3.63) is 24.2 Å². The van der Waals surface area contributed by atoms with E-state index in [0.717, 1.165) is 0 Å². The Morgan fingerprint density at radius 2 is 2.10 bits per heavy atom. The van der Waals surface area contributed by atoms with Crippen molar-refractivity contribution in [3.8, 4) is 0 Å². The summed E-state index contributed by atoms with van der Waals surface area (Å²) in [5, 5.41) is 16.2. The van der Waals surface area contributed by atoms with Crippen LogP contribution in [0.1, 0.15) is 26.0 Å². The van der Waals surface area contributed by atoms with Crippen molar-refractivity contribution in [2.75, 3.05) is 6.54 Å². The number of carboxylic acid groups (broad SMARTS) is 1. The Balaban J connectivity index is 2.32. The average molecular weight is 297 g/mol. The Bertz CT molecular complexity index is 500. The largest absolute Gasteiger partial charge is 0.480 e. The van der Waals surface area contributed by atoms with Crippen LogP contribution in [0.5, 0.6) is 0 Å². The molecule has 1 atom stereocenters. The van der Waals surface area contributed by atoms with Gasteiger partial charge in [0.05, 0.1) is 19.4 Å². The Morgan fingerprint density at radius 3 is 2.62 bits per heavy atom. The number of rotatable bonds is 7. The minimum Gasteiger partial charge on any atom is -0.480 e. The van der Waals surface area contributed by atoms with Gasteiger partial charge in [-0.05, 0) is 25.5 Å². The summed E-state index contributed by atoms with van der Waals surface area (Å²) in [5.41, 5.74) is -1.21. The summed E-state index contributed by atoms with van der Waals surface area (Å²) in [6.45, 7) is 3.04. The predicted molar refractivity (Wildman–Crippen MR) is 73.4 cm³/mol. The highest BCUT2D eigenvalue weighted by Gasteiger charge is 2.30. The molecule has 8 heteroatoms. The molecule has 0 aliphatic heterocycles. The van der Waals surface area contributed by atoms with E-state index in [0.29, 0.717) is 12.2 Å². The molecule has 1 aromatic heterocycles. The standard InChI is InChI=1S/C13H19N3O5/c1-3-13(2,11(18)19)15-8-10(17)16-12(20)14-7-9-5-4-6-21-9/h4-6,15H,3,7-8H2,1-2H3,(H,18,19)(H2,14,16,17,20). The van der Waals surface area contributed by atoms with Crippen molar-refractivity contribution >= 4 is 17.9 Å². The summed E-state index contributed by atoms with van der Waals surface area (Å²) in [6.07, 6.45) is 1.78. The van der Waals surface area contributed by atoms with Gasteiger partial charge >= 0.3 is 12.0 Å². The maximum atomic E-state index is 11.5. The van der Waals surface area contributed by atoms with Crippen LogP contribution in [0.15, 0.2) is 22.8 Å². The van der Waals surface area contributed by atoms with E-state index in [1.165, 1.54) is 13.2 Å². The fourth-order valence-corrected chi connectivity index (χ4v) is 1.42. The molecular weight excluding hydrogens is 278 g/mol. The van der Waals surface area contributed by atoms with Crippen LogP contribution >= 0.6 is 0 Å². The molecule has 3 amide bonds. The topological polar surface area (TPSA) is 121 Å². The quantitative estimate of drug-likeness (QED) is 0.580. The maximum Gasteiger partial charge on any atom is 0.323 e. The molecule has 116 valence electrons. The Morgan fingerprint density at radius 1 is 1.38 bits per heavy atom. The Labute approximate surface area is 121 Å². The highest BCUT2D eigenvalue weighted by atomic mass is 16.4. The van der Waals surface area contributed by atoms with Gasteiger partial charge < -0.3 is 14.8 Å². The van der Waals surface area contributed by atoms with Gasteiger partial charge in [-0.15, -0.1) is 0 Å². The van der Waals surface area contributed by atoms with E-state index in [4.69, 9.17) is 9.52 Å². The Hall–Kier alpha value is -2.35. The molecule has 0 aliphatic carbocycles. The van der Waals surface area contributed by atoms with Gasteiger partial charge in [-0.3, -0.25) is 20.2 Å². The normalized spacial score (nSPS) is 13.2. The van der Waals surface area contributed by atoms with Crippen LogP contribution in [-0.2, 0) is 16.1 Å². The lowest BCUT2D eigenvalue weighted by Crippen LogP contribution is -2.53. The van der Waals surface area contributed by atoms with Gasteiger partial charge in [0.25, 0.3) is 0 Å². The van der Waals surface area contributed by atoms with Crippen LogP contribution in [0.3, 0.4) is 0 Å². The lowest BCUT2D eigenvalue weighted by Gasteiger charge is -2.24. The van der Waals surface area contributed by atoms with Crippen molar-refractivity contribution in [3.63, 3.8) is 0 Å². The summed E-state index contributed by atoms with van der Waals surface area (Å²) in [5.74, 6) is -1.12. The zero-order valence-corrected chi connectivity index (χ0v) is 11.9. The first-order valence-electron chi connectivity index (χ1n) is 6.46. The Kier molecular flexibility index (Phi) is 5.92. The lowest BCUT2D eigenvalue weighted by molar-refractivity contribution is -0.144. The molecule has 4 N–H and O–H groups in total. The third-order valence-electron chi connectivity index (χ3n) is 3.07. The summed E-state index contributed by atoms with van der Waals surface area (Å²) < 4.78 is 5.02. The van der Waals surface area contributed by atoms with Crippen molar-refractivity contribution in [1.29, 1.82) is 0 Å². The van der Waals surface area contributed by atoms with Crippen molar-refractivity contribution < 1.29 is 23.9 Å². The number of urea groups is 1. The van der Waals surface area contributed by atoms with Gasteiger partial charge in [0.1, 0.15) is 11.3 Å². The summed E-state index contributed by atoms with van der Waals surface area (Å²) in [6, 6.07) is 2.69.